The average Bonchev–Trinajstić information content (AvgIpc) is 2.37. The molecule has 0 radical (unpaired) electrons. The van der Waals surface area contributed by atoms with Crippen LogP contribution in [0, 0.1) is 5.92 Å². The highest BCUT2D eigenvalue weighted by molar-refractivity contribution is 9.10. The molecule has 0 atom stereocenters. The standard InChI is InChI=1S/C14H18BrF3N2O/c1-9(2)8-20-13(21)5-6-19-12-4-3-10(15)7-11(12)14(16,17)18/h3-4,7,9,19H,5-6,8H2,1-2H3,(H,20,21). The molecule has 0 aliphatic carbocycles. The number of nitrogens with one attached hydrogen (secondary N) is 2. The second-order valence-corrected chi connectivity index (χ2v) is 5.98. The molecule has 3 nitrogen and oxygen atoms in total. The number of alkyl halides is 3. The van der Waals surface area contributed by atoms with Gasteiger partial charge in [0.2, 0.25) is 5.91 Å². The van der Waals surface area contributed by atoms with Gasteiger partial charge in [0.05, 0.1) is 5.56 Å². The molecule has 0 bridgehead atoms. The largest absolute Gasteiger partial charge is 0.418 e. The zero-order valence-corrected chi connectivity index (χ0v) is 13.4. The smallest absolute Gasteiger partial charge is 0.384 e. The SMILES string of the molecule is CC(C)CNC(=O)CCNc1ccc(Br)cc1C(F)(F)F. The molecule has 0 unspecified atom stereocenters. The number of amides is 1. The summed E-state index contributed by atoms with van der Waals surface area (Å²) in [6, 6.07) is 3.89. The molecular weight excluding hydrogens is 349 g/mol. The Morgan fingerprint density at radius 2 is 2.00 bits per heavy atom. The first-order valence-corrected chi connectivity index (χ1v) is 7.36. The van der Waals surface area contributed by atoms with Crippen molar-refractivity contribution in [1.29, 1.82) is 0 Å². The Morgan fingerprint density at radius 3 is 2.57 bits per heavy atom. The van der Waals surface area contributed by atoms with Crippen LogP contribution in [0.25, 0.3) is 0 Å². The number of hydrogen-bond donors (Lipinski definition) is 2. The van der Waals surface area contributed by atoms with Crippen LogP contribution in [-0.2, 0) is 11.0 Å². The molecule has 0 aliphatic rings. The maximum Gasteiger partial charge on any atom is 0.418 e. The van der Waals surface area contributed by atoms with Crippen LogP contribution in [-0.4, -0.2) is 19.0 Å². The Balaban J connectivity index is 2.58. The first-order chi connectivity index (χ1) is 9.70. The van der Waals surface area contributed by atoms with Crippen molar-refractivity contribution < 1.29 is 18.0 Å². The zero-order valence-electron chi connectivity index (χ0n) is 11.9. The lowest BCUT2D eigenvalue weighted by molar-refractivity contribution is -0.137. The Hall–Kier alpha value is -1.24. The van der Waals surface area contributed by atoms with Gasteiger partial charge in [-0.1, -0.05) is 29.8 Å². The number of carbonyl (C=O) groups excluding carboxylic acids is 1. The Morgan fingerprint density at radius 1 is 1.33 bits per heavy atom. The molecule has 1 aromatic rings. The molecule has 0 saturated heterocycles. The van der Waals surface area contributed by atoms with Crippen LogP contribution in [0.15, 0.2) is 22.7 Å². The van der Waals surface area contributed by atoms with E-state index in [-0.39, 0.29) is 24.6 Å². The fraction of sp³-hybridized carbons (Fsp3) is 0.500. The number of benzene rings is 1. The lowest BCUT2D eigenvalue weighted by atomic mass is 10.1. The van der Waals surface area contributed by atoms with Gasteiger partial charge in [-0.3, -0.25) is 4.79 Å². The minimum atomic E-state index is -4.44. The number of hydrogen-bond acceptors (Lipinski definition) is 2. The summed E-state index contributed by atoms with van der Waals surface area (Å²) in [5.74, 6) is 0.159. The van der Waals surface area contributed by atoms with Crippen LogP contribution in [0.3, 0.4) is 0 Å². The quantitative estimate of drug-likeness (QED) is 0.797. The van der Waals surface area contributed by atoms with Gasteiger partial charge in [0, 0.05) is 29.7 Å². The van der Waals surface area contributed by atoms with Gasteiger partial charge in [-0.25, -0.2) is 0 Å². The van der Waals surface area contributed by atoms with E-state index in [0.717, 1.165) is 6.07 Å². The van der Waals surface area contributed by atoms with Crippen molar-refractivity contribution in [3.63, 3.8) is 0 Å². The van der Waals surface area contributed by atoms with Gasteiger partial charge in [0.25, 0.3) is 0 Å². The summed E-state index contributed by atoms with van der Waals surface area (Å²) >= 11 is 3.02. The highest BCUT2D eigenvalue weighted by Crippen LogP contribution is 2.36. The number of halogens is 4. The zero-order chi connectivity index (χ0) is 16.0. The van der Waals surface area contributed by atoms with Crippen molar-refractivity contribution in [2.75, 3.05) is 18.4 Å². The normalized spacial score (nSPS) is 11.6. The summed E-state index contributed by atoms with van der Waals surface area (Å²) in [4.78, 5) is 11.5. The molecule has 0 fully saturated rings. The molecule has 0 heterocycles. The van der Waals surface area contributed by atoms with Crippen LogP contribution in [0.5, 0.6) is 0 Å². The Kier molecular flexibility index (Phi) is 6.51. The van der Waals surface area contributed by atoms with E-state index in [9.17, 15) is 18.0 Å². The van der Waals surface area contributed by atoms with Gasteiger partial charge in [0.1, 0.15) is 0 Å². The van der Waals surface area contributed by atoms with E-state index in [4.69, 9.17) is 0 Å². The van der Waals surface area contributed by atoms with E-state index in [1.165, 1.54) is 12.1 Å². The maximum atomic E-state index is 12.9. The lowest BCUT2D eigenvalue weighted by Gasteiger charge is -2.15. The van der Waals surface area contributed by atoms with E-state index >= 15 is 0 Å². The topological polar surface area (TPSA) is 41.1 Å². The summed E-state index contributed by atoms with van der Waals surface area (Å²) in [5.41, 5.74) is -0.776. The molecule has 1 amide bonds. The third kappa shape index (κ3) is 6.37. The lowest BCUT2D eigenvalue weighted by Crippen LogP contribution is -2.28. The maximum absolute atomic E-state index is 12.9. The van der Waals surface area contributed by atoms with Crippen LogP contribution in [0.1, 0.15) is 25.8 Å². The fourth-order valence-electron chi connectivity index (χ4n) is 1.62. The third-order valence-electron chi connectivity index (χ3n) is 2.66. The second-order valence-electron chi connectivity index (χ2n) is 5.06. The average molecular weight is 367 g/mol. The Bertz CT molecular complexity index is 490. The molecule has 0 aliphatic heterocycles. The molecule has 7 heteroatoms. The van der Waals surface area contributed by atoms with E-state index < -0.39 is 11.7 Å². The van der Waals surface area contributed by atoms with Crippen molar-refractivity contribution in [3.8, 4) is 0 Å². The van der Waals surface area contributed by atoms with Gasteiger partial charge in [-0.05, 0) is 24.1 Å². The van der Waals surface area contributed by atoms with Gasteiger partial charge in [-0.15, -0.1) is 0 Å². The van der Waals surface area contributed by atoms with Crippen LogP contribution in [0.2, 0.25) is 0 Å². The summed E-state index contributed by atoms with van der Waals surface area (Å²) in [6.07, 6.45) is -4.31. The van der Waals surface area contributed by atoms with Gasteiger partial charge < -0.3 is 10.6 Å². The number of carbonyl (C=O) groups is 1. The first kappa shape index (κ1) is 17.8. The summed E-state index contributed by atoms with van der Waals surface area (Å²) < 4.78 is 39.0. The number of anilines is 1. The van der Waals surface area contributed by atoms with Crippen LogP contribution in [0.4, 0.5) is 18.9 Å². The highest BCUT2D eigenvalue weighted by Gasteiger charge is 2.33. The Labute approximate surface area is 130 Å². The molecule has 0 aromatic heterocycles. The molecule has 0 spiro atoms. The monoisotopic (exact) mass is 366 g/mol. The molecule has 0 saturated carbocycles. The van der Waals surface area contributed by atoms with E-state index in [2.05, 4.69) is 26.6 Å². The van der Waals surface area contributed by atoms with Crippen molar-refractivity contribution in [2.45, 2.75) is 26.4 Å². The molecule has 1 aromatic carbocycles. The van der Waals surface area contributed by atoms with Crippen molar-refractivity contribution in [3.05, 3.63) is 28.2 Å². The van der Waals surface area contributed by atoms with Crippen molar-refractivity contribution in [1.82, 2.24) is 5.32 Å². The molecule has 2 N–H and O–H groups in total. The highest BCUT2D eigenvalue weighted by atomic mass is 79.9. The van der Waals surface area contributed by atoms with Crippen molar-refractivity contribution >= 4 is 27.5 Å². The predicted molar refractivity (Wildman–Crippen MR) is 80.1 cm³/mol. The second kappa shape index (κ2) is 7.68. The summed E-state index contributed by atoms with van der Waals surface area (Å²) in [6.45, 7) is 4.64. The minimum Gasteiger partial charge on any atom is -0.384 e. The third-order valence-corrected chi connectivity index (χ3v) is 3.16. The number of rotatable bonds is 6. The van der Waals surface area contributed by atoms with Gasteiger partial charge in [-0.2, -0.15) is 13.2 Å². The first-order valence-electron chi connectivity index (χ1n) is 6.57. The van der Waals surface area contributed by atoms with Crippen LogP contribution >= 0.6 is 15.9 Å². The van der Waals surface area contributed by atoms with Crippen molar-refractivity contribution in [2.24, 2.45) is 5.92 Å². The molecule has 21 heavy (non-hydrogen) atoms. The minimum absolute atomic E-state index is 0.0256. The van der Waals surface area contributed by atoms with Crippen LogP contribution < -0.4 is 10.6 Å². The molecule has 1 rings (SSSR count). The molecule has 118 valence electrons. The van der Waals surface area contributed by atoms with E-state index in [0.29, 0.717) is 16.9 Å². The summed E-state index contributed by atoms with van der Waals surface area (Å²) in [5, 5.41) is 5.38. The molecular formula is C14H18BrF3N2O. The fourth-order valence-corrected chi connectivity index (χ4v) is 1.98. The van der Waals surface area contributed by atoms with Gasteiger partial charge >= 0.3 is 6.18 Å². The summed E-state index contributed by atoms with van der Waals surface area (Å²) in [7, 11) is 0. The van der Waals surface area contributed by atoms with E-state index in [1.807, 2.05) is 13.8 Å². The van der Waals surface area contributed by atoms with Gasteiger partial charge in [0.15, 0.2) is 0 Å². The van der Waals surface area contributed by atoms with E-state index in [1.54, 1.807) is 0 Å². The predicted octanol–water partition coefficient (Wildman–Crippen LogP) is 4.04.